The Bertz CT molecular complexity index is 1030. The highest BCUT2D eigenvalue weighted by molar-refractivity contribution is 7.92. The molecule has 1 amide bonds. The second-order valence-electron chi connectivity index (χ2n) is 7.29. The van der Waals surface area contributed by atoms with Crippen LogP contribution >= 0.6 is 11.3 Å². The highest BCUT2D eigenvalue weighted by atomic mass is 32.2. The summed E-state index contributed by atoms with van der Waals surface area (Å²) >= 11 is 1.58. The molecule has 1 aliphatic heterocycles. The number of carbonyl (C=O) groups is 2. The van der Waals surface area contributed by atoms with Gasteiger partial charge in [0, 0.05) is 59.7 Å². The first-order valence-electron chi connectivity index (χ1n) is 9.87. The van der Waals surface area contributed by atoms with Crippen LogP contribution in [-0.2, 0) is 14.8 Å². The molecule has 1 saturated heterocycles. The minimum absolute atomic E-state index is 0.0162. The number of rotatable bonds is 7. The molecule has 1 aromatic heterocycles. The normalized spacial score (nSPS) is 15.6. The number of nitrogens with zero attached hydrogens (tertiary/aromatic N) is 2. The van der Waals surface area contributed by atoms with Crippen molar-refractivity contribution in [1.82, 2.24) is 9.21 Å². The molecule has 0 atom stereocenters. The topological polar surface area (TPSA) is 74.8 Å². The van der Waals surface area contributed by atoms with Crippen molar-refractivity contribution >= 4 is 39.1 Å². The fourth-order valence-corrected chi connectivity index (χ4v) is 5.54. The summed E-state index contributed by atoms with van der Waals surface area (Å²) in [7, 11) is -3.53. The van der Waals surface area contributed by atoms with E-state index < -0.39 is 10.0 Å². The van der Waals surface area contributed by atoms with Gasteiger partial charge in [-0.1, -0.05) is 30.3 Å². The average Bonchev–Trinajstić information content (AvgIpc) is 3.09. The number of hydrogen-bond donors (Lipinski definition) is 0. The zero-order chi connectivity index (χ0) is 21.7. The lowest BCUT2D eigenvalue weighted by atomic mass is 10.1. The molecule has 0 bridgehead atoms. The molecule has 30 heavy (non-hydrogen) atoms. The van der Waals surface area contributed by atoms with Crippen LogP contribution in [0.3, 0.4) is 0 Å². The van der Waals surface area contributed by atoms with Crippen LogP contribution in [-0.4, -0.2) is 55.5 Å². The summed E-state index contributed by atoms with van der Waals surface area (Å²) in [5.41, 5.74) is 1.52. The SMILES string of the molecule is Cc1cc(C(=O)CCC(=O)N2CCN(S(=O)(=O)/C=C/c3ccccc3)CC2)c(C)s1. The van der Waals surface area contributed by atoms with Crippen molar-refractivity contribution < 1.29 is 18.0 Å². The van der Waals surface area contributed by atoms with Crippen molar-refractivity contribution in [3.63, 3.8) is 0 Å². The molecule has 1 aliphatic rings. The quantitative estimate of drug-likeness (QED) is 0.611. The maximum atomic E-state index is 12.5. The van der Waals surface area contributed by atoms with Gasteiger partial charge in [-0.25, -0.2) is 8.42 Å². The lowest BCUT2D eigenvalue weighted by molar-refractivity contribution is -0.132. The van der Waals surface area contributed by atoms with E-state index in [1.54, 1.807) is 22.3 Å². The fourth-order valence-electron chi connectivity index (χ4n) is 3.43. The van der Waals surface area contributed by atoms with Crippen LogP contribution in [0.5, 0.6) is 0 Å². The molecule has 2 aromatic rings. The second kappa shape index (κ2) is 9.68. The van der Waals surface area contributed by atoms with Crippen LogP contribution in [0.1, 0.15) is 38.5 Å². The van der Waals surface area contributed by atoms with Crippen molar-refractivity contribution in [1.29, 1.82) is 0 Å². The van der Waals surface area contributed by atoms with Crippen LogP contribution in [0.2, 0.25) is 0 Å². The molecular formula is C22H26N2O4S2. The van der Waals surface area contributed by atoms with Crippen molar-refractivity contribution in [2.75, 3.05) is 26.2 Å². The molecule has 2 heterocycles. The summed E-state index contributed by atoms with van der Waals surface area (Å²) in [4.78, 5) is 28.6. The molecule has 0 aliphatic carbocycles. The number of ketones is 1. The molecule has 1 aromatic carbocycles. The molecule has 8 heteroatoms. The maximum Gasteiger partial charge on any atom is 0.236 e. The molecule has 0 spiro atoms. The fraction of sp³-hybridized carbons (Fsp3) is 0.364. The van der Waals surface area contributed by atoms with Gasteiger partial charge in [-0.3, -0.25) is 9.59 Å². The zero-order valence-electron chi connectivity index (χ0n) is 17.2. The number of Topliss-reactive ketones (excluding diaryl/α,β-unsaturated/α-hetero) is 1. The van der Waals surface area contributed by atoms with Crippen LogP contribution in [0.4, 0.5) is 0 Å². The lowest BCUT2D eigenvalue weighted by Gasteiger charge is -2.33. The molecule has 0 radical (unpaired) electrons. The highest BCUT2D eigenvalue weighted by Crippen LogP contribution is 2.22. The van der Waals surface area contributed by atoms with E-state index in [4.69, 9.17) is 0 Å². The lowest BCUT2D eigenvalue weighted by Crippen LogP contribution is -2.50. The number of amides is 1. The predicted octanol–water partition coefficient (Wildman–Crippen LogP) is 3.47. The number of thiophene rings is 1. The molecule has 0 saturated carbocycles. The minimum atomic E-state index is -3.53. The third kappa shape index (κ3) is 5.65. The van der Waals surface area contributed by atoms with E-state index in [1.807, 2.05) is 50.2 Å². The average molecular weight is 447 g/mol. The summed E-state index contributed by atoms with van der Waals surface area (Å²) in [5.74, 6) is -0.123. The number of benzene rings is 1. The summed E-state index contributed by atoms with van der Waals surface area (Å²) in [5, 5.41) is 1.21. The first kappa shape index (κ1) is 22.4. The number of carbonyl (C=O) groups excluding carboxylic acids is 2. The van der Waals surface area contributed by atoms with Gasteiger partial charge in [0.15, 0.2) is 5.78 Å². The van der Waals surface area contributed by atoms with Gasteiger partial charge >= 0.3 is 0 Å². The van der Waals surface area contributed by atoms with E-state index in [-0.39, 0.29) is 37.6 Å². The van der Waals surface area contributed by atoms with Crippen molar-refractivity contribution in [2.24, 2.45) is 0 Å². The first-order chi connectivity index (χ1) is 14.3. The van der Waals surface area contributed by atoms with Crippen LogP contribution in [0.25, 0.3) is 6.08 Å². The molecule has 3 rings (SSSR count). The van der Waals surface area contributed by atoms with Gasteiger partial charge in [0.05, 0.1) is 0 Å². The third-order valence-electron chi connectivity index (χ3n) is 5.09. The molecule has 160 valence electrons. The Labute approximate surface area is 181 Å². The Morgan fingerprint density at radius 2 is 1.70 bits per heavy atom. The monoisotopic (exact) mass is 446 g/mol. The Morgan fingerprint density at radius 1 is 1.03 bits per heavy atom. The number of piperazine rings is 1. The van der Waals surface area contributed by atoms with E-state index >= 15 is 0 Å². The summed E-state index contributed by atoms with van der Waals surface area (Å²) in [6, 6.07) is 11.1. The molecule has 0 unspecified atom stereocenters. The maximum absolute atomic E-state index is 12.5. The predicted molar refractivity (Wildman–Crippen MR) is 120 cm³/mol. The smallest absolute Gasteiger partial charge is 0.236 e. The first-order valence-corrected chi connectivity index (χ1v) is 12.2. The van der Waals surface area contributed by atoms with E-state index in [9.17, 15) is 18.0 Å². The summed E-state index contributed by atoms with van der Waals surface area (Å²) < 4.78 is 26.5. The molecular weight excluding hydrogens is 420 g/mol. The van der Waals surface area contributed by atoms with E-state index in [1.165, 1.54) is 9.71 Å². The van der Waals surface area contributed by atoms with E-state index in [0.29, 0.717) is 18.7 Å². The summed E-state index contributed by atoms with van der Waals surface area (Å²) in [6.45, 7) is 5.05. The van der Waals surface area contributed by atoms with Crippen molar-refractivity contribution in [3.05, 3.63) is 62.7 Å². The minimum Gasteiger partial charge on any atom is -0.340 e. The largest absolute Gasteiger partial charge is 0.340 e. The van der Waals surface area contributed by atoms with Crippen LogP contribution < -0.4 is 0 Å². The number of sulfonamides is 1. The van der Waals surface area contributed by atoms with Crippen molar-refractivity contribution in [3.8, 4) is 0 Å². The van der Waals surface area contributed by atoms with Crippen LogP contribution in [0, 0.1) is 13.8 Å². The van der Waals surface area contributed by atoms with Gasteiger partial charge in [0.1, 0.15) is 0 Å². The van der Waals surface area contributed by atoms with Gasteiger partial charge in [-0.15, -0.1) is 11.3 Å². The zero-order valence-corrected chi connectivity index (χ0v) is 18.8. The summed E-state index contributed by atoms with van der Waals surface area (Å²) in [6.07, 6.45) is 1.90. The Kier molecular flexibility index (Phi) is 7.23. The van der Waals surface area contributed by atoms with E-state index in [2.05, 4.69) is 0 Å². The molecule has 6 nitrogen and oxygen atoms in total. The van der Waals surface area contributed by atoms with Gasteiger partial charge in [0.25, 0.3) is 0 Å². The Morgan fingerprint density at radius 3 is 2.30 bits per heavy atom. The third-order valence-corrected chi connectivity index (χ3v) is 7.62. The van der Waals surface area contributed by atoms with Gasteiger partial charge < -0.3 is 4.90 Å². The second-order valence-corrected chi connectivity index (χ2v) is 10.6. The number of aryl methyl sites for hydroxylation is 2. The number of hydrogen-bond acceptors (Lipinski definition) is 5. The van der Waals surface area contributed by atoms with Crippen LogP contribution in [0.15, 0.2) is 41.8 Å². The van der Waals surface area contributed by atoms with Crippen molar-refractivity contribution in [2.45, 2.75) is 26.7 Å². The highest BCUT2D eigenvalue weighted by Gasteiger charge is 2.27. The molecule has 1 fully saturated rings. The van der Waals surface area contributed by atoms with Gasteiger partial charge in [-0.2, -0.15) is 4.31 Å². The van der Waals surface area contributed by atoms with E-state index in [0.717, 1.165) is 15.3 Å². The van der Waals surface area contributed by atoms with Gasteiger partial charge in [-0.05, 0) is 31.6 Å². The standard InChI is InChI=1S/C22H26N2O4S2/c1-17-16-20(18(2)29-17)21(25)8-9-22(26)23-11-13-24(14-12-23)30(27,28)15-10-19-6-4-3-5-7-19/h3-7,10,15-16H,8-9,11-14H2,1-2H3/b15-10+. The van der Waals surface area contributed by atoms with Gasteiger partial charge in [0.2, 0.25) is 15.9 Å². The Balaban J connectivity index is 1.49. The molecule has 0 N–H and O–H groups in total. The Hall–Kier alpha value is -2.29.